The molecule has 0 radical (unpaired) electrons. The predicted octanol–water partition coefficient (Wildman–Crippen LogP) is 6.22. The fourth-order valence-corrected chi connectivity index (χ4v) is 9.33. The molecule has 5 aromatic rings. The van der Waals surface area contributed by atoms with Crippen molar-refractivity contribution in [1.82, 2.24) is 29.9 Å². The number of fused-ring (bicyclic) bond motifs is 1. The van der Waals surface area contributed by atoms with Crippen LogP contribution in [0.1, 0.15) is 67.1 Å². The quantitative estimate of drug-likeness (QED) is 0.164. The minimum atomic E-state index is -1.41. The Morgan fingerprint density at radius 3 is 2.44 bits per heavy atom. The highest BCUT2D eigenvalue weighted by molar-refractivity contribution is 6.06. The summed E-state index contributed by atoms with van der Waals surface area (Å²) in [6, 6.07) is 20.7. The minimum absolute atomic E-state index is 0.103. The normalized spacial score (nSPS) is 21.5. The largest absolute Gasteiger partial charge is 0.507 e. The van der Waals surface area contributed by atoms with Crippen molar-refractivity contribution in [3.63, 3.8) is 0 Å². The van der Waals surface area contributed by atoms with E-state index in [0.29, 0.717) is 68.3 Å². The van der Waals surface area contributed by atoms with Gasteiger partial charge in [0.15, 0.2) is 5.82 Å². The van der Waals surface area contributed by atoms with Gasteiger partial charge in [0.1, 0.15) is 23.3 Å². The summed E-state index contributed by atoms with van der Waals surface area (Å²) in [5, 5.41) is 21.8. The van der Waals surface area contributed by atoms with Crippen molar-refractivity contribution in [2.45, 2.75) is 62.9 Å². The van der Waals surface area contributed by atoms with E-state index in [0.717, 1.165) is 29.3 Å². The average molecular weight is 834 g/mol. The maximum atomic E-state index is 16.3. The summed E-state index contributed by atoms with van der Waals surface area (Å²) in [7, 11) is 0. The molecule has 4 saturated heterocycles. The highest BCUT2D eigenvalue weighted by Gasteiger charge is 2.39. The first kappa shape index (κ1) is 40.3. The Morgan fingerprint density at radius 2 is 1.70 bits per heavy atom. The molecule has 4 amide bonds. The maximum Gasteiger partial charge on any atom is 0.328 e. The number of nitrogen functional groups attached to an aromatic ring is 1. The van der Waals surface area contributed by atoms with Gasteiger partial charge in [-0.15, -0.1) is 10.2 Å². The number of carbonyl (C=O) groups excluding carboxylic acids is 3. The van der Waals surface area contributed by atoms with E-state index in [1.807, 2.05) is 55.6 Å². The molecule has 14 nitrogen and oxygen atoms in total. The van der Waals surface area contributed by atoms with Gasteiger partial charge in [-0.05, 0) is 67.8 Å². The summed E-state index contributed by atoms with van der Waals surface area (Å²) in [5.74, 6) is -0.645. The lowest BCUT2D eigenvalue weighted by Crippen LogP contribution is -2.51. The number of carbonyl (C=O) groups is 3. The summed E-state index contributed by atoms with van der Waals surface area (Å²) >= 11 is 0. The molecule has 4 fully saturated rings. The van der Waals surface area contributed by atoms with Crippen LogP contribution in [0, 0.1) is 5.82 Å². The Bertz CT molecular complexity index is 2460. The second-order valence-corrected chi connectivity index (χ2v) is 16.8. The van der Waals surface area contributed by atoms with Crippen molar-refractivity contribution < 1.29 is 33.0 Å². The van der Waals surface area contributed by atoms with Crippen molar-refractivity contribution in [2.24, 2.45) is 0 Å². The monoisotopic (exact) mass is 833 g/mol. The second-order valence-electron chi connectivity index (χ2n) is 16.8. The van der Waals surface area contributed by atoms with Crippen LogP contribution in [-0.2, 0) is 9.53 Å². The summed E-state index contributed by atoms with van der Waals surface area (Å²) < 4.78 is 40.1. The highest BCUT2D eigenvalue weighted by atomic mass is 19.1. The Balaban J connectivity index is 0.775. The van der Waals surface area contributed by atoms with Crippen molar-refractivity contribution in [3.05, 3.63) is 95.9 Å². The van der Waals surface area contributed by atoms with Crippen LogP contribution < -0.4 is 20.9 Å². The highest BCUT2D eigenvalue weighted by Crippen LogP contribution is 2.37. The summed E-state index contributed by atoms with van der Waals surface area (Å²) in [4.78, 5) is 44.8. The molecular weight excluding hydrogens is 785 g/mol. The van der Waals surface area contributed by atoms with Gasteiger partial charge in [0.2, 0.25) is 5.91 Å². The predicted molar refractivity (Wildman–Crippen MR) is 227 cm³/mol. The molecular formula is C45H49F2N9O5. The molecule has 4 N–H and O–H groups in total. The Kier molecular flexibility index (Phi) is 10.8. The van der Waals surface area contributed by atoms with Crippen molar-refractivity contribution in [3.8, 4) is 17.0 Å². The molecule has 318 valence electrons. The van der Waals surface area contributed by atoms with Gasteiger partial charge in [0.25, 0.3) is 5.91 Å². The number of urea groups is 1. The molecule has 4 aliphatic heterocycles. The van der Waals surface area contributed by atoms with E-state index in [-0.39, 0.29) is 73.1 Å². The number of hydrogen-bond donors (Lipinski definition) is 3. The third-order valence-electron chi connectivity index (χ3n) is 12.6. The summed E-state index contributed by atoms with van der Waals surface area (Å²) in [5.41, 5.74) is 9.00. The van der Waals surface area contributed by atoms with Gasteiger partial charge in [0.05, 0.1) is 28.7 Å². The van der Waals surface area contributed by atoms with Gasteiger partial charge in [-0.1, -0.05) is 24.3 Å². The molecule has 2 atom stereocenters. The van der Waals surface area contributed by atoms with Crippen molar-refractivity contribution in [1.29, 1.82) is 0 Å². The number of benzene rings is 3. The number of alkyl halides is 1. The van der Waals surface area contributed by atoms with Crippen LogP contribution in [0.3, 0.4) is 0 Å². The van der Waals surface area contributed by atoms with Crippen LogP contribution in [0.5, 0.6) is 5.75 Å². The Morgan fingerprint density at radius 1 is 0.951 bits per heavy atom. The van der Waals surface area contributed by atoms with Gasteiger partial charge in [-0.3, -0.25) is 19.8 Å². The average Bonchev–Trinajstić information content (AvgIpc) is 3.66. The number of morpholine rings is 1. The van der Waals surface area contributed by atoms with Gasteiger partial charge in [0, 0.05) is 106 Å². The van der Waals surface area contributed by atoms with Crippen LogP contribution in [-0.4, -0.2) is 112 Å². The molecule has 0 aliphatic carbocycles. The molecule has 2 aromatic heterocycles. The lowest BCUT2D eigenvalue weighted by Gasteiger charge is -2.41. The molecule has 6 heterocycles. The topological polar surface area (TPSA) is 162 Å². The number of hydrogen-bond acceptors (Lipinski definition) is 10. The lowest BCUT2D eigenvalue weighted by atomic mass is 9.91. The van der Waals surface area contributed by atoms with E-state index in [4.69, 9.17) is 10.5 Å². The molecule has 0 spiro atoms. The van der Waals surface area contributed by atoms with Crippen LogP contribution in [0.25, 0.3) is 22.2 Å². The zero-order chi connectivity index (χ0) is 42.4. The number of anilines is 3. The maximum absolute atomic E-state index is 16.3. The number of nitrogens with one attached hydrogen (secondary N) is 1. The van der Waals surface area contributed by atoms with E-state index < -0.39 is 17.5 Å². The number of rotatable bonds is 8. The van der Waals surface area contributed by atoms with E-state index >= 15 is 8.78 Å². The fourth-order valence-electron chi connectivity index (χ4n) is 9.33. The van der Waals surface area contributed by atoms with E-state index in [9.17, 15) is 19.5 Å². The first-order valence-corrected chi connectivity index (χ1v) is 21.0. The van der Waals surface area contributed by atoms with E-state index in [1.54, 1.807) is 29.2 Å². The Hall–Kier alpha value is -6.13. The molecule has 0 saturated carbocycles. The van der Waals surface area contributed by atoms with Crippen LogP contribution in [0.4, 0.5) is 30.8 Å². The number of para-hydroxylation sites is 1. The molecule has 0 bridgehead atoms. The molecule has 0 unspecified atom stereocenters. The number of ether oxygens (including phenoxy) is 1. The zero-order valence-electron chi connectivity index (χ0n) is 34.0. The number of aromatic nitrogens is 3. The third kappa shape index (κ3) is 8.21. The van der Waals surface area contributed by atoms with Crippen molar-refractivity contribution in [2.75, 3.05) is 67.9 Å². The number of piperidine rings is 2. The SMILES string of the molecule is C[C@H]1CN(c2cc(-c3ccccc3O)nnc2N)C[C@@H](c2ccc(C(=O)N3CCC(F)(CN4CCC(n5ccc6cc(N7CCC(=O)NC7=O)c(F)cc65)CC4)CC3)cc2)O1. The number of halogens is 2. The number of amides is 4. The zero-order valence-corrected chi connectivity index (χ0v) is 34.0. The molecule has 9 rings (SSSR count). The molecule has 3 aromatic carbocycles. The van der Waals surface area contributed by atoms with Gasteiger partial charge >= 0.3 is 6.03 Å². The number of imide groups is 1. The molecule has 16 heteroatoms. The second kappa shape index (κ2) is 16.4. The molecule has 4 aliphatic rings. The van der Waals surface area contributed by atoms with Gasteiger partial charge in [-0.25, -0.2) is 13.6 Å². The summed E-state index contributed by atoms with van der Waals surface area (Å²) in [6.07, 6.45) is 3.69. The smallest absolute Gasteiger partial charge is 0.328 e. The first-order valence-electron chi connectivity index (χ1n) is 21.0. The minimum Gasteiger partial charge on any atom is -0.507 e. The lowest BCUT2D eigenvalue weighted by molar-refractivity contribution is -0.120. The number of phenols is 1. The van der Waals surface area contributed by atoms with Gasteiger partial charge < -0.3 is 34.8 Å². The van der Waals surface area contributed by atoms with E-state index in [1.165, 1.54) is 11.0 Å². The number of nitrogens with zero attached hydrogens (tertiary/aromatic N) is 7. The van der Waals surface area contributed by atoms with Crippen LogP contribution in [0.2, 0.25) is 0 Å². The number of nitrogens with two attached hydrogens (primary N) is 1. The summed E-state index contributed by atoms with van der Waals surface area (Å²) in [6.45, 7) is 5.53. The van der Waals surface area contributed by atoms with Crippen LogP contribution in [0.15, 0.2) is 79.0 Å². The van der Waals surface area contributed by atoms with Crippen LogP contribution >= 0.6 is 0 Å². The van der Waals surface area contributed by atoms with E-state index in [2.05, 4.69) is 29.9 Å². The standard InChI is InChI=1S/C45H49F2N9O5/c1-28-25-54(38-24-35(50-51-42(38)48)33-4-2-3-5-39(33)57)26-40(61-28)29-6-8-30(9-7-29)43(59)53-20-14-45(47,15-21-53)27-52-16-11-32(12-17-52)55-18-10-31-22-37(34(46)23-36(31)55)56-19-13-41(58)49-44(56)60/h2-10,18,22-24,28,32,40,57H,11-17,19-21,25-27H2,1H3,(H2,48,51)(H,49,58,60)/t28-,40-/m0/s1. The molecule has 61 heavy (non-hydrogen) atoms. The Labute approximate surface area is 351 Å². The number of phenolic OH excluding ortho intramolecular Hbond substituents is 1. The van der Waals surface area contributed by atoms with Crippen molar-refractivity contribution >= 4 is 45.9 Å². The fraction of sp³-hybridized carbons (Fsp3) is 0.400. The number of likely N-dealkylation sites (tertiary alicyclic amines) is 2. The number of aromatic hydroxyl groups is 1. The van der Waals surface area contributed by atoms with Gasteiger partial charge in [-0.2, -0.15) is 0 Å². The first-order chi connectivity index (χ1) is 29.4. The third-order valence-corrected chi connectivity index (χ3v) is 12.6.